The van der Waals surface area contributed by atoms with Gasteiger partial charge in [0.25, 0.3) is 0 Å². The number of aldehydes is 1. The van der Waals surface area contributed by atoms with E-state index in [1.54, 1.807) is 0 Å². The van der Waals surface area contributed by atoms with E-state index in [9.17, 15) is 9.59 Å². The first-order valence-electron chi connectivity index (χ1n) is 4.51. The third-order valence-corrected chi connectivity index (χ3v) is 1.97. The Hall–Kier alpha value is -0.900. The number of carbonyl (C=O) groups is 2. The standard InChI is InChI=1S/C9H18N2O2/c1-11(2)9(7-12)5-3-4-6-10-8-13/h7-9H,3-6H2,1-2H3,(H,10,13)/i8+1. The van der Waals surface area contributed by atoms with Crippen molar-refractivity contribution < 1.29 is 9.59 Å². The molecule has 0 aliphatic rings. The lowest BCUT2D eigenvalue weighted by molar-refractivity contribution is -0.112. The maximum absolute atomic E-state index is 10.6. The highest BCUT2D eigenvalue weighted by molar-refractivity contribution is 5.57. The second-order valence-electron chi connectivity index (χ2n) is 3.23. The van der Waals surface area contributed by atoms with Crippen molar-refractivity contribution >= 4 is 12.7 Å². The summed E-state index contributed by atoms with van der Waals surface area (Å²) in [5.41, 5.74) is 0. The molecule has 0 spiro atoms. The molecule has 76 valence electrons. The Morgan fingerprint density at radius 1 is 1.31 bits per heavy atom. The highest BCUT2D eigenvalue weighted by Crippen LogP contribution is 2.02. The van der Waals surface area contributed by atoms with Crippen molar-refractivity contribution in [1.29, 1.82) is 0 Å². The van der Waals surface area contributed by atoms with Crippen molar-refractivity contribution in [2.24, 2.45) is 0 Å². The molecule has 0 saturated carbocycles. The van der Waals surface area contributed by atoms with Crippen molar-refractivity contribution in [2.75, 3.05) is 20.6 Å². The van der Waals surface area contributed by atoms with E-state index in [1.807, 2.05) is 19.0 Å². The van der Waals surface area contributed by atoms with Crippen LogP contribution in [0.25, 0.3) is 0 Å². The van der Waals surface area contributed by atoms with E-state index < -0.39 is 0 Å². The molecule has 0 saturated heterocycles. The number of nitrogens with one attached hydrogen (secondary N) is 1. The summed E-state index contributed by atoms with van der Waals surface area (Å²) in [6, 6.07) is 0.0104. The first-order valence-corrected chi connectivity index (χ1v) is 4.51. The highest BCUT2D eigenvalue weighted by atomic mass is 16.2. The molecular formula is C9H18N2O2. The zero-order valence-corrected chi connectivity index (χ0v) is 8.32. The van der Waals surface area contributed by atoms with Crippen LogP contribution in [0.15, 0.2) is 0 Å². The van der Waals surface area contributed by atoms with Crippen molar-refractivity contribution in [2.45, 2.75) is 25.3 Å². The first-order chi connectivity index (χ1) is 6.22. The maximum Gasteiger partial charge on any atom is 0.207 e. The van der Waals surface area contributed by atoms with Crippen molar-refractivity contribution in [1.82, 2.24) is 10.2 Å². The monoisotopic (exact) mass is 187 g/mol. The number of unbranched alkanes of at least 4 members (excludes halogenated alkanes) is 1. The third-order valence-electron chi connectivity index (χ3n) is 1.97. The van der Waals surface area contributed by atoms with Gasteiger partial charge in [0.1, 0.15) is 6.29 Å². The maximum atomic E-state index is 10.6. The van der Waals surface area contributed by atoms with Crippen molar-refractivity contribution in [3.05, 3.63) is 0 Å². The number of rotatable bonds is 8. The van der Waals surface area contributed by atoms with E-state index in [2.05, 4.69) is 5.32 Å². The molecule has 4 heteroatoms. The number of amides is 1. The summed E-state index contributed by atoms with van der Waals surface area (Å²) in [7, 11) is 3.78. The predicted octanol–water partition coefficient (Wildman–Crippen LogP) is 0.0318. The fourth-order valence-electron chi connectivity index (χ4n) is 1.09. The van der Waals surface area contributed by atoms with E-state index in [1.165, 1.54) is 0 Å². The minimum absolute atomic E-state index is 0.0104. The zero-order valence-electron chi connectivity index (χ0n) is 8.32. The number of likely N-dealkylation sites (N-methyl/N-ethyl adjacent to an activating group) is 1. The zero-order chi connectivity index (χ0) is 10.1. The average Bonchev–Trinajstić information content (AvgIpc) is 2.10. The van der Waals surface area contributed by atoms with Crippen LogP contribution in [0.4, 0.5) is 0 Å². The van der Waals surface area contributed by atoms with Gasteiger partial charge < -0.3 is 15.0 Å². The molecule has 0 radical (unpaired) electrons. The molecule has 0 aliphatic carbocycles. The molecular weight excluding hydrogens is 169 g/mol. The fraction of sp³-hybridized carbons (Fsp3) is 0.778. The molecule has 0 rings (SSSR count). The minimum Gasteiger partial charge on any atom is -0.359 e. The molecule has 1 unspecified atom stereocenters. The molecule has 0 aliphatic heterocycles. The normalized spacial score (nSPS) is 12.5. The van der Waals surface area contributed by atoms with Gasteiger partial charge in [-0.3, -0.25) is 4.79 Å². The smallest absolute Gasteiger partial charge is 0.207 e. The molecule has 1 N–H and O–H groups in total. The SMILES string of the molecule is CN(C)C(C=O)CCCCN[13CH]=O. The Morgan fingerprint density at radius 3 is 2.46 bits per heavy atom. The fourth-order valence-corrected chi connectivity index (χ4v) is 1.09. The molecule has 0 aromatic rings. The second kappa shape index (κ2) is 7.73. The van der Waals surface area contributed by atoms with E-state index in [0.717, 1.165) is 25.5 Å². The molecule has 4 nitrogen and oxygen atoms in total. The van der Waals surface area contributed by atoms with E-state index >= 15 is 0 Å². The van der Waals surface area contributed by atoms with Crippen LogP contribution in [0, 0.1) is 0 Å². The van der Waals surface area contributed by atoms with Gasteiger partial charge in [0, 0.05) is 6.54 Å². The van der Waals surface area contributed by atoms with E-state index in [-0.39, 0.29) is 6.04 Å². The van der Waals surface area contributed by atoms with Gasteiger partial charge >= 0.3 is 0 Å². The van der Waals surface area contributed by atoms with Crippen LogP contribution in [0.5, 0.6) is 0 Å². The van der Waals surface area contributed by atoms with Crippen LogP contribution in [0.2, 0.25) is 0 Å². The number of hydrogen-bond donors (Lipinski definition) is 1. The molecule has 0 aromatic heterocycles. The Morgan fingerprint density at radius 2 is 2.00 bits per heavy atom. The summed E-state index contributed by atoms with van der Waals surface area (Å²) >= 11 is 0. The Labute approximate surface area is 79.3 Å². The van der Waals surface area contributed by atoms with Crippen LogP contribution in [0.1, 0.15) is 19.3 Å². The topological polar surface area (TPSA) is 49.4 Å². The molecule has 13 heavy (non-hydrogen) atoms. The van der Waals surface area contributed by atoms with Crippen molar-refractivity contribution in [3.63, 3.8) is 0 Å². The largest absolute Gasteiger partial charge is 0.359 e. The van der Waals surface area contributed by atoms with Gasteiger partial charge in [-0.05, 0) is 33.4 Å². The molecule has 0 aromatic carbocycles. The highest BCUT2D eigenvalue weighted by Gasteiger charge is 2.08. The van der Waals surface area contributed by atoms with Gasteiger partial charge in [0.05, 0.1) is 6.04 Å². The molecule has 0 heterocycles. The van der Waals surface area contributed by atoms with Crippen LogP contribution in [-0.2, 0) is 9.59 Å². The number of hydrogen-bond acceptors (Lipinski definition) is 3. The summed E-state index contributed by atoms with van der Waals surface area (Å²) in [5.74, 6) is 0. The summed E-state index contributed by atoms with van der Waals surface area (Å²) in [4.78, 5) is 22.3. The van der Waals surface area contributed by atoms with Gasteiger partial charge in [0.15, 0.2) is 0 Å². The molecule has 1 atom stereocenters. The van der Waals surface area contributed by atoms with Crippen LogP contribution in [0.3, 0.4) is 0 Å². The van der Waals surface area contributed by atoms with E-state index in [0.29, 0.717) is 13.0 Å². The number of carbonyl (C=O) groups excluding carboxylic acids is 2. The van der Waals surface area contributed by atoms with Gasteiger partial charge in [-0.25, -0.2) is 0 Å². The van der Waals surface area contributed by atoms with Gasteiger partial charge in [0.2, 0.25) is 6.41 Å². The Bertz CT molecular complexity index is 149. The van der Waals surface area contributed by atoms with Crippen LogP contribution >= 0.6 is 0 Å². The molecule has 0 fully saturated rings. The van der Waals surface area contributed by atoms with Gasteiger partial charge in [-0.2, -0.15) is 0 Å². The van der Waals surface area contributed by atoms with Crippen molar-refractivity contribution in [3.8, 4) is 0 Å². The van der Waals surface area contributed by atoms with Gasteiger partial charge in [-0.1, -0.05) is 0 Å². The Kier molecular flexibility index (Phi) is 7.20. The Balaban J connectivity index is 3.38. The van der Waals surface area contributed by atoms with Crippen LogP contribution < -0.4 is 5.32 Å². The molecule has 1 amide bonds. The van der Waals surface area contributed by atoms with Crippen LogP contribution in [-0.4, -0.2) is 44.3 Å². The summed E-state index contributed by atoms with van der Waals surface area (Å²) in [6.07, 6.45) is 4.41. The third kappa shape index (κ3) is 6.28. The summed E-state index contributed by atoms with van der Waals surface area (Å²) in [5, 5.41) is 2.59. The van der Waals surface area contributed by atoms with Gasteiger partial charge in [-0.15, -0.1) is 0 Å². The molecule has 0 bridgehead atoms. The minimum atomic E-state index is 0.0104. The lowest BCUT2D eigenvalue weighted by atomic mass is 10.1. The van der Waals surface area contributed by atoms with E-state index in [4.69, 9.17) is 0 Å². The predicted molar refractivity (Wildman–Crippen MR) is 51.5 cm³/mol. The second-order valence-corrected chi connectivity index (χ2v) is 3.23. The number of nitrogens with zero attached hydrogens (tertiary/aromatic N) is 1. The summed E-state index contributed by atoms with van der Waals surface area (Å²) in [6.45, 7) is 0.697. The summed E-state index contributed by atoms with van der Waals surface area (Å²) < 4.78 is 0. The quantitative estimate of drug-likeness (QED) is 0.331. The lowest BCUT2D eigenvalue weighted by Gasteiger charge is -2.17. The lowest BCUT2D eigenvalue weighted by Crippen LogP contribution is -2.29. The first kappa shape index (κ1) is 12.1. The average molecular weight is 187 g/mol.